The molecule has 0 radical (unpaired) electrons. The highest BCUT2D eigenvalue weighted by molar-refractivity contribution is 7.92. The van der Waals surface area contributed by atoms with Crippen LogP contribution in [0.5, 0.6) is 5.75 Å². The molecule has 0 aromatic heterocycles. The zero-order valence-corrected chi connectivity index (χ0v) is 16.2. The van der Waals surface area contributed by atoms with Crippen LogP contribution in [0.3, 0.4) is 0 Å². The van der Waals surface area contributed by atoms with Crippen molar-refractivity contribution in [2.45, 2.75) is 6.92 Å². The van der Waals surface area contributed by atoms with Crippen molar-refractivity contribution in [2.75, 3.05) is 30.3 Å². The monoisotopic (exact) mass is 396 g/mol. The number of carbonyl (C=O) groups excluding carboxylic acids is 1. The minimum atomic E-state index is -3.58. The van der Waals surface area contributed by atoms with Crippen molar-refractivity contribution in [2.24, 2.45) is 0 Å². The molecule has 0 aliphatic rings. The summed E-state index contributed by atoms with van der Waals surface area (Å²) in [5.41, 5.74) is 1.45. The Hall–Kier alpha value is -2.25. The minimum absolute atomic E-state index is 0.221. The number of hydrogen-bond acceptors (Lipinski definition) is 4. The molecular formula is C18H21ClN2O4S. The van der Waals surface area contributed by atoms with Crippen molar-refractivity contribution >= 4 is 33.2 Å². The highest BCUT2D eigenvalue weighted by Crippen LogP contribution is 2.22. The maximum absolute atomic E-state index is 12.1. The van der Waals surface area contributed by atoms with Crippen molar-refractivity contribution in [3.8, 4) is 5.75 Å². The maximum atomic E-state index is 12.1. The average Bonchev–Trinajstić information content (AvgIpc) is 2.58. The highest BCUT2D eigenvalue weighted by atomic mass is 35.5. The number of rotatable bonds is 8. The molecule has 0 saturated carbocycles. The number of hydrogen-bond donors (Lipinski definition) is 1. The Morgan fingerprint density at radius 1 is 1.15 bits per heavy atom. The molecule has 140 valence electrons. The second-order valence-electron chi connectivity index (χ2n) is 5.73. The standard InChI is InChI=1S/C18H21ClN2O4S/c1-14-7-9-15(10-8-14)21(26(2,23)24)13-18(22)20-11-12-25-17-6-4-3-5-16(17)19/h3-10H,11-13H2,1-2H3,(H,20,22). The van der Waals surface area contributed by atoms with Crippen molar-refractivity contribution in [1.82, 2.24) is 5.32 Å². The van der Waals surface area contributed by atoms with E-state index in [-0.39, 0.29) is 19.7 Å². The van der Waals surface area contributed by atoms with E-state index in [0.29, 0.717) is 16.5 Å². The molecule has 8 heteroatoms. The maximum Gasteiger partial charge on any atom is 0.240 e. The largest absolute Gasteiger partial charge is 0.490 e. The molecule has 0 spiro atoms. The van der Waals surface area contributed by atoms with Gasteiger partial charge in [-0.05, 0) is 31.2 Å². The Balaban J connectivity index is 1.89. The number of nitrogens with zero attached hydrogens (tertiary/aromatic N) is 1. The highest BCUT2D eigenvalue weighted by Gasteiger charge is 2.20. The number of benzene rings is 2. The molecule has 0 atom stereocenters. The molecule has 0 unspecified atom stereocenters. The van der Waals surface area contributed by atoms with Gasteiger partial charge in [0.15, 0.2) is 0 Å². The van der Waals surface area contributed by atoms with Crippen molar-refractivity contribution < 1.29 is 17.9 Å². The first-order valence-corrected chi connectivity index (χ1v) is 10.2. The van der Waals surface area contributed by atoms with E-state index in [4.69, 9.17) is 16.3 Å². The normalized spacial score (nSPS) is 11.0. The molecule has 1 amide bonds. The lowest BCUT2D eigenvalue weighted by Crippen LogP contribution is -2.41. The Bertz CT molecular complexity index is 854. The first-order valence-electron chi connectivity index (χ1n) is 7.96. The van der Waals surface area contributed by atoms with Gasteiger partial charge < -0.3 is 10.1 Å². The third-order valence-electron chi connectivity index (χ3n) is 3.53. The molecule has 0 saturated heterocycles. The van der Waals surface area contributed by atoms with Crippen LogP contribution in [-0.4, -0.2) is 40.3 Å². The summed E-state index contributed by atoms with van der Waals surface area (Å²) < 4.78 is 30.6. The zero-order chi connectivity index (χ0) is 19.2. The number of aryl methyl sites for hydroxylation is 1. The number of ether oxygens (including phenoxy) is 1. The summed E-state index contributed by atoms with van der Waals surface area (Å²) >= 11 is 5.98. The third kappa shape index (κ3) is 5.93. The van der Waals surface area contributed by atoms with Crippen LogP contribution >= 0.6 is 11.6 Å². The molecule has 26 heavy (non-hydrogen) atoms. The molecule has 0 aliphatic carbocycles. The zero-order valence-electron chi connectivity index (χ0n) is 14.6. The van der Waals surface area contributed by atoms with Crippen LogP contribution in [0, 0.1) is 6.92 Å². The van der Waals surface area contributed by atoms with E-state index in [2.05, 4.69) is 5.32 Å². The van der Waals surface area contributed by atoms with Crippen LogP contribution in [0.2, 0.25) is 5.02 Å². The predicted molar refractivity (Wildman–Crippen MR) is 103 cm³/mol. The van der Waals surface area contributed by atoms with Gasteiger partial charge >= 0.3 is 0 Å². The topological polar surface area (TPSA) is 75.7 Å². The van der Waals surface area contributed by atoms with E-state index in [1.165, 1.54) is 0 Å². The summed E-state index contributed by atoms with van der Waals surface area (Å²) in [6, 6.07) is 14.0. The van der Waals surface area contributed by atoms with Crippen LogP contribution in [0.4, 0.5) is 5.69 Å². The smallest absolute Gasteiger partial charge is 0.240 e. The Morgan fingerprint density at radius 3 is 2.42 bits per heavy atom. The molecule has 2 aromatic carbocycles. The van der Waals surface area contributed by atoms with Gasteiger partial charge in [0.25, 0.3) is 0 Å². The molecule has 2 rings (SSSR count). The summed E-state index contributed by atoms with van der Waals surface area (Å²) in [5, 5.41) is 3.13. The van der Waals surface area contributed by atoms with Crippen LogP contribution in [0.25, 0.3) is 0 Å². The van der Waals surface area contributed by atoms with Gasteiger partial charge in [-0.15, -0.1) is 0 Å². The predicted octanol–water partition coefficient (Wildman–Crippen LogP) is 2.61. The minimum Gasteiger partial charge on any atom is -0.490 e. The van der Waals surface area contributed by atoms with Gasteiger partial charge in [0.2, 0.25) is 15.9 Å². The number of amides is 1. The molecular weight excluding hydrogens is 376 g/mol. The number of sulfonamides is 1. The summed E-state index contributed by atoms with van der Waals surface area (Å²) in [4.78, 5) is 12.1. The van der Waals surface area contributed by atoms with Crippen molar-refractivity contribution in [3.05, 3.63) is 59.1 Å². The number of carbonyl (C=O) groups is 1. The number of para-hydroxylation sites is 1. The summed E-state index contributed by atoms with van der Waals surface area (Å²) in [6.07, 6.45) is 1.07. The molecule has 2 aromatic rings. The van der Waals surface area contributed by atoms with Gasteiger partial charge in [0.05, 0.1) is 23.5 Å². The SMILES string of the molecule is Cc1ccc(N(CC(=O)NCCOc2ccccc2Cl)S(C)(=O)=O)cc1. The van der Waals surface area contributed by atoms with Gasteiger partial charge in [-0.25, -0.2) is 8.42 Å². The molecule has 0 heterocycles. The quantitative estimate of drug-likeness (QED) is 0.696. The van der Waals surface area contributed by atoms with Gasteiger partial charge in [-0.2, -0.15) is 0 Å². The number of nitrogens with one attached hydrogen (secondary N) is 1. The number of halogens is 1. The van der Waals surface area contributed by atoms with E-state index < -0.39 is 15.9 Å². The fourth-order valence-corrected chi connectivity index (χ4v) is 3.26. The Kier molecular flexibility index (Phi) is 6.88. The van der Waals surface area contributed by atoms with Crippen LogP contribution in [-0.2, 0) is 14.8 Å². The van der Waals surface area contributed by atoms with Gasteiger partial charge in [-0.3, -0.25) is 9.10 Å². The fourth-order valence-electron chi connectivity index (χ4n) is 2.21. The first kappa shape index (κ1) is 20.1. The summed E-state index contributed by atoms with van der Waals surface area (Å²) in [5.74, 6) is 0.111. The summed E-state index contributed by atoms with van der Waals surface area (Å²) in [7, 11) is -3.58. The lowest BCUT2D eigenvalue weighted by Gasteiger charge is -2.22. The van der Waals surface area contributed by atoms with Gasteiger partial charge in [0, 0.05) is 0 Å². The molecule has 0 fully saturated rings. The molecule has 6 nitrogen and oxygen atoms in total. The Labute approximate surface area is 158 Å². The first-order chi connectivity index (χ1) is 12.3. The average molecular weight is 397 g/mol. The third-order valence-corrected chi connectivity index (χ3v) is 4.98. The van der Waals surface area contributed by atoms with Gasteiger partial charge in [-0.1, -0.05) is 41.4 Å². The van der Waals surface area contributed by atoms with Crippen LogP contribution < -0.4 is 14.4 Å². The second-order valence-corrected chi connectivity index (χ2v) is 8.05. The van der Waals surface area contributed by atoms with E-state index in [1.54, 1.807) is 48.5 Å². The lowest BCUT2D eigenvalue weighted by atomic mass is 10.2. The molecule has 0 bridgehead atoms. The lowest BCUT2D eigenvalue weighted by molar-refractivity contribution is -0.119. The van der Waals surface area contributed by atoms with E-state index in [1.807, 2.05) is 6.92 Å². The van der Waals surface area contributed by atoms with E-state index in [9.17, 15) is 13.2 Å². The van der Waals surface area contributed by atoms with Crippen LogP contribution in [0.1, 0.15) is 5.56 Å². The Morgan fingerprint density at radius 2 is 1.81 bits per heavy atom. The fraction of sp³-hybridized carbons (Fsp3) is 0.278. The van der Waals surface area contributed by atoms with Crippen molar-refractivity contribution in [3.63, 3.8) is 0 Å². The van der Waals surface area contributed by atoms with Crippen molar-refractivity contribution in [1.29, 1.82) is 0 Å². The molecule has 1 N–H and O–H groups in total. The second kappa shape index (κ2) is 8.91. The van der Waals surface area contributed by atoms with Gasteiger partial charge in [0.1, 0.15) is 18.9 Å². The summed E-state index contributed by atoms with van der Waals surface area (Å²) in [6.45, 7) is 2.06. The van der Waals surface area contributed by atoms with Crippen LogP contribution in [0.15, 0.2) is 48.5 Å². The number of anilines is 1. The van der Waals surface area contributed by atoms with E-state index >= 15 is 0 Å². The molecule has 0 aliphatic heterocycles. The van der Waals surface area contributed by atoms with E-state index in [0.717, 1.165) is 16.1 Å².